The molecule has 4 nitrogen and oxygen atoms in total. The lowest BCUT2D eigenvalue weighted by Gasteiger charge is -2.32. The molecule has 1 saturated heterocycles. The molecule has 0 spiro atoms. The average Bonchev–Trinajstić information content (AvgIpc) is 2.49. The molecule has 1 unspecified atom stereocenters. The standard InChI is InChI=1S/C15H22N2O2/c1-3-14(18)15(16-2)12-6-4-5-7-13(12)17-8-10-19-11-9-17/h4-7,15-16H,3,8-11H2,1-2H3. The van der Waals surface area contributed by atoms with Crippen molar-refractivity contribution >= 4 is 11.5 Å². The minimum Gasteiger partial charge on any atom is -0.378 e. The van der Waals surface area contributed by atoms with Gasteiger partial charge >= 0.3 is 0 Å². The van der Waals surface area contributed by atoms with E-state index >= 15 is 0 Å². The van der Waals surface area contributed by atoms with Gasteiger partial charge in [-0.05, 0) is 18.7 Å². The second-order valence-corrected chi connectivity index (χ2v) is 4.70. The summed E-state index contributed by atoms with van der Waals surface area (Å²) >= 11 is 0. The second-order valence-electron chi connectivity index (χ2n) is 4.70. The number of ketones is 1. The molecule has 0 bridgehead atoms. The highest BCUT2D eigenvalue weighted by Crippen LogP contribution is 2.28. The molecular formula is C15H22N2O2. The van der Waals surface area contributed by atoms with Gasteiger partial charge in [0.1, 0.15) is 0 Å². The summed E-state index contributed by atoms with van der Waals surface area (Å²) in [5.41, 5.74) is 2.21. The number of likely N-dealkylation sites (N-methyl/N-ethyl adjacent to an activating group) is 1. The van der Waals surface area contributed by atoms with Crippen molar-refractivity contribution in [3.63, 3.8) is 0 Å². The van der Waals surface area contributed by atoms with Gasteiger partial charge in [-0.1, -0.05) is 25.1 Å². The van der Waals surface area contributed by atoms with Crippen molar-refractivity contribution in [2.45, 2.75) is 19.4 Å². The lowest BCUT2D eigenvalue weighted by Crippen LogP contribution is -2.38. The number of morpholine rings is 1. The van der Waals surface area contributed by atoms with Gasteiger partial charge in [-0.25, -0.2) is 0 Å². The van der Waals surface area contributed by atoms with E-state index in [1.807, 2.05) is 32.2 Å². The maximum Gasteiger partial charge on any atom is 0.154 e. The van der Waals surface area contributed by atoms with Crippen LogP contribution in [0.3, 0.4) is 0 Å². The molecule has 0 amide bonds. The normalized spacial score (nSPS) is 17.3. The van der Waals surface area contributed by atoms with Crippen LogP contribution in [0.2, 0.25) is 0 Å². The van der Waals surface area contributed by atoms with Crippen LogP contribution in [0, 0.1) is 0 Å². The summed E-state index contributed by atoms with van der Waals surface area (Å²) in [5.74, 6) is 0.225. The molecule has 0 saturated carbocycles. The summed E-state index contributed by atoms with van der Waals surface area (Å²) in [4.78, 5) is 14.4. The third-order valence-corrected chi connectivity index (χ3v) is 3.56. The van der Waals surface area contributed by atoms with Crippen LogP contribution >= 0.6 is 0 Å². The van der Waals surface area contributed by atoms with Crippen molar-refractivity contribution in [1.82, 2.24) is 5.32 Å². The third kappa shape index (κ3) is 3.14. The van der Waals surface area contributed by atoms with Gasteiger partial charge in [0.05, 0.1) is 19.3 Å². The zero-order chi connectivity index (χ0) is 13.7. The minimum absolute atomic E-state index is 0.218. The van der Waals surface area contributed by atoms with Gasteiger partial charge < -0.3 is 15.0 Å². The number of nitrogens with zero attached hydrogens (tertiary/aromatic N) is 1. The Morgan fingerprint density at radius 2 is 2.05 bits per heavy atom. The Hall–Kier alpha value is -1.39. The number of Topliss-reactive ketones (excluding diaryl/α,β-unsaturated/α-hetero) is 1. The molecule has 1 aliphatic heterocycles. The molecule has 1 N–H and O–H groups in total. The van der Waals surface area contributed by atoms with E-state index < -0.39 is 0 Å². The van der Waals surface area contributed by atoms with E-state index in [1.165, 1.54) is 0 Å². The van der Waals surface area contributed by atoms with Crippen molar-refractivity contribution in [2.24, 2.45) is 0 Å². The molecule has 0 aliphatic carbocycles. The summed E-state index contributed by atoms with van der Waals surface area (Å²) < 4.78 is 5.39. The van der Waals surface area contributed by atoms with E-state index in [0.29, 0.717) is 6.42 Å². The van der Waals surface area contributed by atoms with E-state index in [9.17, 15) is 4.79 Å². The Morgan fingerprint density at radius 3 is 2.68 bits per heavy atom. The van der Waals surface area contributed by atoms with Crippen LogP contribution in [0.15, 0.2) is 24.3 Å². The number of carbonyl (C=O) groups is 1. The van der Waals surface area contributed by atoms with Crippen molar-refractivity contribution in [1.29, 1.82) is 0 Å². The first-order valence-corrected chi connectivity index (χ1v) is 6.89. The zero-order valence-electron chi connectivity index (χ0n) is 11.7. The van der Waals surface area contributed by atoms with Crippen molar-refractivity contribution in [3.05, 3.63) is 29.8 Å². The van der Waals surface area contributed by atoms with E-state index in [1.54, 1.807) is 0 Å². The lowest BCUT2D eigenvalue weighted by molar-refractivity contribution is -0.120. The third-order valence-electron chi connectivity index (χ3n) is 3.56. The number of carbonyl (C=O) groups excluding carboxylic acids is 1. The van der Waals surface area contributed by atoms with Crippen LogP contribution in [0.25, 0.3) is 0 Å². The number of hydrogen-bond donors (Lipinski definition) is 1. The summed E-state index contributed by atoms with van der Waals surface area (Å²) in [6, 6.07) is 7.93. The summed E-state index contributed by atoms with van der Waals surface area (Å²) in [7, 11) is 1.84. The van der Waals surface area contributed by atoms with Crippen molar-refractivity contribution < 1.29 is 9.53 Å². The van der Waals surface area contributed by atoms with Gasteiger partial charge in [-0.15, -0.1) is 0 Å². The average molecular weight is 262 g/mol. The highest BCUT2D eigenvalue weighted by atomic mass is 16.5. The number of nitrogens with one attached hydrogen (secondary N) is 1. The fourth-order valence-corrected chi connectivity index (χ4v) is 2.52. The quantitative estimate of drug-likeness (QED) is 0.878. The predicted octanol–water partition coefficient (Wildman–Crippen LogP) is 1.76. The predicted molar refractivity (Wildman–Crippen MR) is 76.6 cm³/mol. The number of anilines is 1. The molecule has 2 rings (SSSR count). The van der Waals surface area contributed by atoms with Crippen molar-refractivity contribution in [3.8, 4) is 0 Å². The van der Waals surface area contributed by atoms with Crippen LogP contribution < -0.4 is 10.2 Å². The number of hydrogen-bond acceptors (Lipinski definition) is 4. The highest BCUT2D eigenvalue weighted by molar-refractivity contribution is 5.86. The van der Waals surface area contributed by atoms with Gasteiger partial charge in [-0.2, -0.15) is 0 Å². The van der Waals surface area contributed by atoms with Gasteiger partial charge in [0, 0.05) is 25.2 Å². The maximum atomic E-state index is 12.1. The first-order valence-electron chi connectivity index (χ1n) is 6.89. The zero-order valence-corrected chi connectivity index (χ0v) is 11.7. The van der Waals surface area contributed by atoms with Gasteiger partial charge in [0.2, 0.25) is 0 Å². The topological polar surface area (TPSA) is 41.6 Å². The van der Waals surface area contributed by atoms with Crippen LogP contribution in [-0.2, 0) is 9.53 Å². The summed E-state index contributed by atoms with van der Waals surface area (Å²) in [6.07, 6.45) is 0.545. The molecule has 1 aromatic carbocycles. The number of para-hydroxylation sites is 1. The first kappa shape index (κ1) is 14.0. The summed E-state index contributed by atoms with van der Waals surface area (Å²) in [6.45, 7) is 5.17. The molecule has 1 aliphatic rings. The van der Waals surface area contributed by atoms with Crippen LogP contribution in [0.1, 0.15) is 24.9 Å². The summed E-state index contributed by atoms with van der Waals surface area (Å²) in [5, 5.41) is 3.14. The number of ether oxygens (including phenoxy) is 1. The Bertz CT molecular complexity index is 428. The second kappa shape index (κ2) is 6.68. The first-order chi connectivity index (χ1) is 9.27. The smallest absolute Gasteiger partial charge is 0.154 e. The van der Waals surface area contributed by atoms with E-state index in [4.69, 9.17) is 4.74 Å². The van der Waals surface area contributed by atoms with Crippen LogP contribution in [0.4, 0.5) is 5.69 Å². The lowest BCUT2D eigenvalue weighted by atomic mass is 9.98. The van der Waals surface area contributed by atoms with E-state index in [0.717, 1.165) is 37.6 Å². The molecular weight excluding hydrogens is 240 g/mol. The Labute approximate surface area is 114 Å². The number of benzene rings is 1. The Balaban J connectivity index is 2.31. The SMILES string of the molecule is CCC(=O)C(NC)c1ccccc1N1CCOCC1. The fraction of sp³-hybridized carbons (Fsp3) is 0.533. The molecule has 104 valence electrons. The molecule has 19 heavy (non-hydrogen) atoms. The fourth-order valence-electron chi connectivity index (χ4n) is 2.52. The van der Waals surface area contributed by atoms with Gasteiger partial charge in [0.15, 0.2) is 5.78 Å². The molecule has 1 atom stereocenters. The van der Waals surface area contributed by atoms with E-state index in [-0.39, 0.29) is 11.8 Å². The van der Waals surface area contributed by atoms with Crippen molar-refractivity contribution in [2.75, 3.05) is 38.3 Å². The largest absolute Gasteiger partial charge is 0.378 e. The van der Waals surface area contributed by atoms with Crippen LogP contribution in [-0.4, -0.2) is 39.1 Å². The maximum absolute atomic E-state index is 12.1. The molecule has 1 aromatic rings. The Morgan fingerprint density at radius 1 is 1.37 bits per heavy atom. The highest BCUT2D eigenvalue weighted by Gasteiger charge is 2.23. The minimum atomic E-state index is -0.218. The Kier molecular flexibility index (Phi) is 4.93. The molecule has 4 heteroatoms. The van der Waals surface area contributed by atoms with E-state index in [2.05, 4.69) is 16.3 Å². The molecule has 0 radical (unpaired) electrons. The van der Waals surface area contributed by atoms with Crippen LogP contribution in [0.5, 0.6) is 0 Å². The molecule has 0 aromatic heterocycles. The molecule has 1 fully saturated rings. The molecule has 1 heterocycles. The van der Waals surface area contributed by atoms with Gasteiger partial charge in [0.25, 0.3) is 0 Å². The number of rotatable bonds is 5. The van der Waals surface area contributed by atoms with Gasteiger partial charge in [-0.3, -0.25) is 4.79 Å². The monoisotopic (exact) mass is 262 g/mol.